The Morgan fingerprint density at radius 2 is 1.53 bits per heavy atom. The molecule has 0 atom stereocenters. The quantitative estimate of drug-likeness (QED) is 0.524. The summed E-state index contributed by atoms with van der Waals surface area (Å²) in [6.07, 6.45) is 0. The zero-order valence-electron chi connectivity index (χ0n) is 18.7. The molecule has 0 saturated heterocycles. The molecule has 0 heterocycles. The Kier molecular flexibility index (Phi) is 7.20. The number of methoxy groups -OCH3 is 1. The van der Waals surface area contributed by atoms with Crippen LogP contribution in [-0.2, 0) is 14.8 Å². The van der Waals surface area contributed by atoms with Crippen molar-refractivity contribution in [1.82, 2.24) is 0 Å². The highest BCUT2D eigenvalue weighted by atomic mass is 32.2. The molecular formula is C25H28N2O4S. The summed E-state index contributed by atoms with van der Waals surface area (Å²) >= 11 is 0. The van der Waals surface area contributed by atoms with Crippen molar-refractivity contribution < 1.29 is 17.9 Å². The highest BCUT2D eigenvalue weighted by Crippen LogP contribution is 2.26. The van der Waals surface area contributed by atoms with Crippen molar-refractivity contribution in [3.63, 3.8) is 0 Å². The minimum atomic E-state index is -3.98. The van der Waals surface area contributed by atoms with E-state index in [1.54, 1.807) is 24.3 Å². The molecule has 3 rings (SSSR count). The van der Waals surface area contributed by atoms with E-state index < -0.39 is 15.9 Å². The molecule has 0 spiro atoms. The van der Waals surface area contributed by atoms with Crippen molar-refractivity contribution >= 4 is 27.3 Å². The van der Waals surface area contributed by atoms with Gasteiger partial charge in [-0.25, -0.2) is 8.42 Å². The number of hydrogen-bond acceptors (Lipinski definition) is 4. The average molecular weight is 453 g/mol. The van der Waals surface area contributed by atoms with Crippen LogP contribution in [0, 0.1) is 6.92 Å². The summed E-state index contributed by atoms with van der Waals surface area (Å²) in [7, 11) is -2.47. The minimum Gasteiger partial charge on any atom is -0.497 e. The number of hydrogen-bond donors (Lipinski definition) is 1. The van der Waals surface area contributed by atoms with Crippen molar-refractivity contribution in [2.45, 2.75) is 31.6 Å². The topological polar surface area (TPSA) is 75.7 Å². The number of carbonyl (C=O) groups excluding carboxylic acids is 1. The number of nitrogens with one attached hydrogen (secondary N) is 1. The monoisotopic (exact) mass is 452 g/mol. The van der Waals surface area contributed by atoms with Gasteiger partial charge in [-0.15, -0.1) is 0 Å². The summed E-state index contributed by atoms with van der Waals surface area (Å²) in [5.74, 6) is 0.500. The van der Waals surface area contributed by atoms with E-state index in [2.05, 4.69) is 19.2 Å². The first kappa shape index (κ1) is 23.3. The van der Waals surface area contributed by atoms with Gasteiger partial charge in [0.15, 0.2) is 0 Å². The van der Waals surface area contributed by atoms with Crippen LogP contribution >= 0.6 is 0 Å². The Labute approximate surface area is 189 Å². The number of amides is 1. The second-order valence-corrected chi connectivity index (χ2v) is 9.71. The highest BCUT2D eigenvalue weighted by Gasteiger charge is 2.27. The summed E-state index contributed by atoms with van der Waals surface area (Å²) < 4.78 is 33.1. The average Bonchev–Trinajstić information content (AvgIpc) is 2.78. The molecule has 3 aromatic carbocycles. The molecule has 1 N–H and O–H groups in total. The van der Waals surface area contributed by atoms with Gasteiger partial charge in [-0.05, 0) is 66.9 Å². The molecule has 0 radical (unpaired) electrons. The molecule has 0 unspecified atom stereocenters. The molecule has 0 fully saturated rings. The summed E-state index contributed by atoms with van der Waals surface area (Å²) in [5.41, 5.74) is 3.18. The fourth-order valence-electron chi connectivity index (χ4n) is 3.18. The minimum absolute atomic E-state index is 0.0768. The number of aryl methyl sites for hydroxylation is 1. The van der Waals surface area contributed by atoms with Crippen LogP contribution in [0.25, 0.3) is 0 Å². The number of ether oxygens (including phenoxy) is 1. The van der Waals surface area contributed by atoms with Crippen molar-refractivity contribution in [3.8, 4) is 5.75 Å². The molecule has 168 valence electrons. The van der Waals surface area contributed by atoms with Crippen LogP contribution in [0.4, 0.5) is 11.4 Å². The smallest absolute Gasteiger partial charge is 0.264 e. The van der Waals surface area contributed by atoms with Crippen LogP contribution in [0.15, 0.2) is 77.7 Å². The standard InChI is InChI=1S/C25H28N2O4S/c1-18(2)20-7-9-21(10-8-20)26-25(28)17-27(22-11-5-19(3)6-12-22)32(29,30)24-15-13-23(31-4)14-16-24/h5-16,18H,17H2,1-4H3,(H,26,28). The Morgan fingerprint density at radius 1 is 0.938 bits per heavy atom. The Hall–Kier alpha value is -3.32. The molecule has 7 heteroatoms. The summed E-state index contributed by atoms with van der Waals surface area (Å²) in [5, 5.41) is 2.80. The largest absolute Gasteiger partial charge is 0.497 e. The maximum atomic E-state index is 13.4. The number of nitrogens with zero attached hydrogens (tertiary/aromatic N) is 1. The second-order valence-electron chi connectivity index (χ2n) is 7.85. The van der Waals surface area contributed by atoms with Crippen LogP contribution in [-0.4, -0.2) is 28.0 Å². The van der Waals surface area contributed by atoms with Crippen LogP contribution < -0.4 is 14.4 Å². The van der Waals surface area contributed by atoms with Gasteiger partial charge in [-0.2, -0.15) is 0 Å². The predicted octanol–water partition coefficient (Wildman–Crippen LogP) is 4.96. The molecule has 6 nitrogen and oxygen atoms in total. The molecule has 0 aliphatic heterocycles. The molecule has 32 heavy (non-hydrogen) atoms. The maximum Gasteiger partial charge on any atom is 0.264 e. The molecule has 1 amide bonds. The van der Waals surface area contributed by atoms with Gasteiger partial charge in [-0.3, -0.25) is 9.10 Å². The number of rotatable bonds is 8. The molecular weight excluding hydrogens is 424 g/mol. The predicted molar refractivity (Wildman–Crippen MR) is 128 cm³/mol. The molecule has 0 aliphatic rings. The van der Waals surface area contributed by atoms with E-state index in [0.717, 1.165) is 15.4 Å². The third-order valence-electron chi connectivity index (χ3n) is 5.12. The van der Waals surface area contributed by atoms with E-state index in [0.29, 0.717) is 23.0 Å². The van der Waals surface area contributed by atoms with E-state index in [4.69, 9.17) is 4.74 Å². The second kappa shape index (κ2) is 9.87. The number of sulfonamides is 1. The Morgan fingerprint density at radius 3 is 2.06 bits per heavy atom. The van der Waals surface area contributed by atoms with E-state index in [9.17, 15) is 13.2 Å². The first-order valence-electron chi connectivity index (χ1n) is 10.3. The summed E-state index contributed by atoms with van der Waals surface area (Å²) in [6, 6.07) is 20.7. The molecule has 0 bridgehead atoms. The van der Waals surface area contributed by atoms with Gasteiger partial charge in [0.05, 0.1) is 17.7 Å². The van der Waals surface area contributed by atoms with Crippen LogP contribution in [0.3, 0.4) is 0 Å². The van der Waals surface area contributed by atoms with Gasteiger partial charge in [-0.1, -0.05) is 43.7 Å². The van der Waals surface area contributed by atoms with Gasteiger partial charge in [0, 0.05) is 5.69 Å². The molecule has 0 aliphatic carbocycles. The Balaban J connectivity index is 1.88. The van der Waals surface area contributed by atoms with Gasteiger partial charge in [0.25, 0.3) is 10.0 Å². The first-order chi connectivity index (χ1) is 15.2. The lowest BCUT2D eigenvalue weighted by Gasteiger charge is -2.24. The lowest BCUT2D eigenvalue weighted by molar-refractivity contribution is -0.114. The number of carbonyl (C=O) groups is 1. The van der Waals surface area contributed by atoms with Gasteiger partial charge >= 0.3 is 0 Å². The van der Waals surface area contributed by atoms with E-state index in [1.807, 2.05) is 43.3 Å². The summed E-state index contributed by atoms with van der Waals surface area (Å²) in [4.78, 5) is 12.9. The van der Waals surface area contributed by atoms with Crippen LogP contribution in [0.5, 0.6) is 5.75 Å². The Bertz CT molecular complexity index is 1150. The maximum absolute atomic E-state index is 13.4. The van der Waals surface area contributed by atoms with Crippen molar-refractivity contribution in [3.05, 3.63) is 83.9 Å². The number of anilines is 2. The third-order valence-corrected chi connectivity index (χ3v) is 6.91. The zero-order chi connectivity index (χ0) is 23.3. The highest BCUT2D eigenvalue weighted by molar-refractivity contribution is 7.92. The summed E-state index contributed by atoms with van der Waals surface area (Å²) in [6.45, 7) is 5.75. The number of benzene rings is 3. The van der Waals surface area contributed by atoms with Gasteiger partial charge < -0.3 is 10.1 Å². The third kappa shape index (κ3) is 5.48. The SMILES string of the molecule is COc1ccc(S(=O)(=O)N(CC(=O)Nc2ccc(C(C)C)cc2)c2ccc(C)cc2)cc1. The fourth-order valence-corrected chi connectivity index (χ4v) is 4.60. The van der Waals surface area contributed by atoms with E-state index in [-0.39, 0.29) is 11.4 Å². The molecule has 0 saturated carbocycles. The van der Waals surface area contributed by atoms with Crippen molar-refractivity contribution in [2.24, 2.45) is 0 Å². The van der Waals surface area contributed by atoms with Crippen LogP contribution in [0.1, 0.15) is 30.9 Å². The van der Waals surface area contributed by atoms with Crippen LogP contribution in [0.2, 0.25) is 0 Å². The fraction of sp³-hybridized carbons (Fsp3) is 0.240. The van der Waals surface area contributed by atoms with Gasteiger partial charge in [0.1, 0.15) is 12.3 Å². The van der Waals surface area contributed by atoms with Crippen molar-refractivity contribution in [1.29, 1.82) is 0 Å². The van der Waals surface area contributed by atoms with E-state index in [1.165, 1.54) is 19.2 Å². The lowest BCUT2D eigenvalue weighted by Crippen LogP contribution is -2.38. The molecule has 3 aromatic rings. The van der Waals surface area contributed by atoms with Crippen molar-refractivity contribution in [2.75, 3.05) is 23.3 Å². The molecule has 0 aromatic heterocycles. The zero-order valence-corrected chi connectivity index (χ0v) is 19.5. The van der Waals surface area contributed by atoms with Gasteiger partial charge in [0.2, 0.25) is 5.91 Å². The normalized spacial score (nSPS) is 11.3. The lowest BCUT2D eigenvalue weighted by atomic mass is 10.0. The van der Waals surface area contributed by atoms with E-state index >= 15 is 0 Å². The first-order valence-corrected chi connectivity index (χ1v) is 11.8.